The minimum atomic E-state index is -3.72. The lowest BCUT2D eigenvalue weighted by molar-refractivity contribution is 0.0953. The number of nitrogens with one attached hydrogen (secondary N) is 1. The maximum atomic E-state index is 12.5. The molecule has 0 aliphatic heterocycles. The van der Waals surface area contributed by atoms with Crippen molar-refractivity contribution >= 4 is 27.5 Å². The van der Waals surface area contributed by atoms with Crippen molar-refractivity contribution in [3.8, 4) is 11.5 Å². The van der Waals surface area contributed by atoms with Crippen LogP contribution in [0, 0.1) is 0 Å². The second kappa shape index (κ2) is 10.5. The maximum Gasteiger partial charge on any atom is 0.251 e. The average Bonchev–Trinajstić information content (AvgIpc) is 2.67. The summed E-state index contributed by atoms with van der Waals surface area (Å²) >= 11 is 6.29. The number of primary sulfonamides is 1. The van der Waals surface area contributed by atoms with E-state index in [9.17, 15) is 13.2 Å². The summed E-state index contributed by atoms with van der Waals surface area (Å²) < 4.78 is 33.8. The number of halogens is 1. The molecular formula is C20H25ClN2O5S. The predicted molar refractivity (Wildman–Crippen MR) is 112 cm³/mol. The number of rotatable bonds is 10. The van der Waals surface area contributed by atoms with Crippen LogP contribution in [0.3, 0.4) is 0 Å². The number of sulfonamides is 1. The molecule has 0 radical (unpaired) electrons. The van der Waals surface area contributed by atoms with Gasteiger partial charge in [0.25, 0.3) is 5.91 Å². The van der Waals surface area contributed by atoms with E-state index in [2.05, 4.69) is 5.32 Å². The summed E-state index contributed by atoms with van der Waals surface area (Å²) in [5, 5.41) is 8.21. The van der Waals surface area contributed by atoms with E-state index in [0.29, 0.717) is 48.3 Å². The maximum absolute atomic E-state index is 12.5. The van der Waals surface area contributed by atoms with Crippen molar-refractivity contribution in [2.24, 2.45) is 5.14 Å². The minimum Gasteiger partial charge on any atom is -0.490 e. The minimum absolute atomic E-state index is 0.0498. The van der Waals surface area contributed by atoms with E-state index in [-0.39, 0.29) is 10.8 Å². The fourth-order valence-corrected chi connectivity index (χ4v) is 3.36. The van der Waals surface area contributed by atoms with Gasteiger partial charge in [0.2, 0.25) is 10.0 Å². The molecule has 0 saturated heterocycles. The van der Waals surface area contributed by atoms with Crippen molar-refractivity contribution in [2.45, 2.75) is 31.6 Å². The molecule has 2 aromatic carbocycles. The molecule has 0 saturated carbocycles. The quantitative estimate of drug-likeness (QED) is 0.590. The van der Waals surface area contributed by atoms with E-state index in [1.165, 1.54) is 12.1 Å². The largest absolute Gasteiger partial charge is 0.490 e. The predicted octanol–water partition coefficient (Wildman–Crippen LogP) is 3.15. The van der Waals surface area contributed by atoms with Gasteiger partial charge in [-0.25, -0.2) is 13.6 Å². The van der Waals surface area contributed by atoms with E-state index >= 15 is 0 Å². The molecule has 0 unspecified atom stereocenters. The number of ether oxygens (including phenoxy) is 2. The van der Waals surface area contributed by atoms with Crippen LogP contribution in [0.5, 0.6) is 11.5 Å². The standard InChI is InChI=1S/C20H25ClN2O5S/c1-3-11-28-19-17(21)12-15(13-18(19)27-4-2)20(24)23-10-9-14-5-7-16(8-6-14)29(22,25)26/h5-8,12-13H,3-4,9-11H2,1-2H3,(H,23,24)(H2,22,25,26). The van der Waals surface area contributed by atoms with Crippen molar-refractivity contribution in [1.29, 1.82) is 0 Å². The Labute approximate surface area is 176 Å². The van der Waals surface area contributed by atoms with Gasteiger partial charge in [-0.1, -0.05) is 30.7 Å². The summed E-state index contributed by atoms with van der Waals surface area (Å²) in [6.45, 7) is 5.10. The number of carbonyl (C=O) groups excluding carboxylic acids is 1. The summed E-state index contributed by atoms with van der Waals surface area (Å²) in [7, 11) is -3.72. The van der Waals surface area contributed by atoms with E-state index in [1.807, 2.05) is 13.8 Å². The molecule has 0 heterocycles. The number of benzene rings is 2. The summed E-state index contributed by atoms with van der Waals surface area (Å²) in [6, 6.07) is 9.36. The Hall–Kier alpha value is -2.29. The van der Waals surface area contributed by atoms with Crippen LogP contribution in [-0.4, -0.2) is 34.1 Å². The number of nitrogens with two attached hydrogens (primary N) is 1. The van der Waals surface area contributed by atoms with Gasteiger partial charge in [-0.15, -0.1) is 0 Å². The Kier molecular flexibility index (Phi) is 8.31. The van der Waals surface area contributed by atoms with Crippen LogP contribution in [0.15, 0.2) is 41.3 Å². The van der Waals surface area contributed by atoms with Crippen LogP contribution >= 0.6 is 11.6 Å². The molecule has 7 nitrogen and oxygen atoms in total. The first-order valence-corrected chi connectivity index (χ1v) is 11.2. The van der Waals surface area contributed by atoms with Gasteiger partial charge in [0.15, 0.2) is 11.5 Å². The van der Waals surface area contributed by atoms with Crippen LogP contribution in [0.4, 0.5) is 0 Å². The molecule has 3 N–H and O–H groups in total. The molecule has 0 aliphatic rings. The number of carbonyl (C=O) groups is 1. The zero-order valence-corrected chi connectivity index (χ0v) is 18.0. The Balaban J connectivity index is 2.03. The van der Waals surface area contributed by atoms with E-state index < -0.39 is 10.0 Å². The Morgan fingerprint density at radius 1 is 1.14 bits per heavy atom. The van der Waals surface area contributed by atoms with Crippen LogP contribution < -0.4 is 19.9 Å². The molecule has 2 aromatic rings. The second-order valence-electron chi connectivity index (χ2n) is 6.26. The van der Waals surface area contributed by atoms with E-state index in [0.717, 1.165) is 12.0 Å². The second-order valence-corrected chi connectivity index (χ2v) is 8.23. The van der Waals surface area contributed by atoms with Crippen LogP contribution in [-0.2, 0) is 16.4 Å². The zero-order valence-electron chi connectivity index (χ0n) is 16.4. The molecule has 9 heteroatoms. The normalized spacial score (nSPS) is 11.2. The first-order valence-electron chi connectivity index (χ1n) is 9.25. The summed E-state index contributed by atoms with van der Waals surface area (Å²) in [4.78, 5) is 12.5. The van der Waals surface area contributed by atoms with Gasteiger partial charge in [-0.3, -0.25) is 4.79 Å². The van der Waals surface area contributed by atoms with Gasteiger partial charge < -0.3 is 14.8 Å². The van der Waals surface area contributed by atoms with Crippen molar-refractivity contribution in [1.82, 2.24) is 5.32 Å². The molecule has 2 rings (SSSR count). The van der Waals surface area contributed by atoms with Crippen LogP contribution in [0.25, 0.3) is 0 Å². The fourth-order valence-electron chi connectivity index (χ4n) is 2.57. The van der Waals surface area contributed by atoms with Crippen molar-refractivity contribution in [3.05, 3.63) is 52.5 Å². The summed E-state index contributed by atoms with van der Waals surface area (Å²) in [5.41, 5.74) is 1.24. The number of hydrogen-bond acceptors (Lipinski definition) is 5. The third-order valence-electron chi connectivity index (χ3n) is 3.97. The number of amides is 1. The third kappa shape index (κ3) is 6.62. The molecular weight excluding hydrogens is 416 g/mol. The monoisotopic (exact) mass is 440 g/mol. The SMILES string of the molecule is CCCOc1c(Cl)cc(C(=O)NCCc2ccc(S(N)(=O)=O)cc2)cc1OCC. The fraction of sp³-hybridized carbons (Fsp3) is 0.350. The van der Waals surface area contributed by atoms with Crippen molar-refractivity contribution in [3.63, 3.8) is 0 Å². The van der Waals surface area contributed by atoms with Gasteiger partial charge in [0, 0.05) is 12.1 Å². The first kappa shape index (κ1) is 23.0. The van der Waals surface area contributed by atoms with Crippen LogP contribution in [0.2, 0.25) is 5.02 Å². The van der Waals surface area contributed by atoms with E-state index in [4.69, 9.17) is 26.2 Å². The zero-order chi connectivity index (χ0) is 21.4. The third-order valence-corrected chi connectivity index (χ3v) is 5.18. The van der Waals surface area contributed by atoms with Crippen LogP contribution in [0.1, 0.15) is 36.2 Å². The Morgan fingerprint density at radius 3 is 2.41 bits per heavy atom. The number of hydrogen-bond donors (Lipinski definition) is 2. The molecule has 29 heavy (non-hydrogen) atoms. The Bertz CT molecular complexity index is 946. The van der Waals surface area contributed by atoms with Crippen molar-refractivity contribution < 1.29 is 22.7 Å². The molecule has 0 spiro atoms. The highest BCUT2D eigenvalue weighted by molar-refractivity contribution is 7.89. The molecule has 0 bridgehead atoms. The average molecular weight is 441 g/mol. The lowest BCUT2D eigenvalue weighted by Gasteiger charge is -2.15. The Morgan fingerprint density at radius 2 is 1.83 bits per heavy atom. The lowest BCUT2D eigenvalue weighted by atomic mass is 10.1. The first-order chi connectivity index (χ1) is 13.8. The lowest BCUT2D eigenvalue weighted by Crippen LogP contribution is -2.25. The summed E-state index contributed by atoms with van der Waals surface area (Å²) in [5.74, 6) is 0.565. The highest BCUT2D eigenvalue weighted by Crippen LogP contribution is 2.36. The molecule has 158 valence electrons. The molecule has 0 fully saturated rings. The highest BCUT2D eigenvalue weighted by Gasteiger charge is 2.16. The molecule has 0 aromatic heterocycles. The molecule has 1 amide bonds. The molecule has 0 atom stereocenters. The van der Waals surface area contributed by atoms with Gasteiger partial charge in [-0.2, -0.15) is 0 Å². The van der Waals surface area contributed by atoms with Gasteiger partial charge in [0.1, 0.15) is 0 Å². The topological polar surface area (TPSA) is 108 Å². The van der Waals surface area contributed by atoms with Gasteiger partial charge >= 0.3 is 0 Å². The van der Waals surface area contributed by atoms with Gasteiger partial charge in [0.05, 0.1) is 23.1 Å². The van der Waals surface area contributed by atoms with Crippen molar-refractivity contribution in [2.75, 3.05) is 19.8 Å². The highest BCUT2D eigenvalue weighted by atomic mass is 35.5. The summed E-state index contributed by atoms with van der Waals surface area (Å²) in [6.07, 6.45) is 1.35. The smallest absolute Gasteiger partial charge is 0.251 e. The molecule has 0 aliphatic carbocycles. The van der Waals surface area contributed by atoms with Gasteiger partial charge in [-0.05, 0) is 49.6 Å². The van der Waals surface area contributed by atoms with E-state index in [1.54, 1.807) is 24.3 Å².